The number of carboxylic acid groups (broad SMARTS) is 1. The molecule has 152 valence electrons. The van der Waals surface area contributed by atoms with Crippen LogP contribution < -0.4 is 10.2 Å². The van der Waals surface area contributed by atoms with Crippen molar-refractivity contribution in [1.29, 1.82) is 0 Å². The molecule has 0 bridgehead atoms. The van der Waals surface area contributed by atoms with Crippen LogP contribution >= 0.6 is 0 Å². The first kappa shape index (κ1) is 20.4. The highest BCUT2D eigenvalue weighted by atomic mass is 16.4. The summed E-state index contributed by atoms with van der Waals surface area (Å²) in [7, 11) is 1.19. The number of carbonyl (C=O) groups excluding carboxylic acids is 2. The monoisotopic (exact) mass is 395 g/mol. The van der Waals surface area contributed by atoms with E-state index in [1.54, 1.807) is 12.1 Å². The van der Waals surface area contributed by atoms with Crippen LogP contribution in [0, 0.1) is 6.92 Å². The van der Waals surface area contributed by atoms with Crippen LogP contribution in [0.2, 0.25) is 0 Å². The van der Waals surface area contributed by atoms with E-state index in [-0.39, 0.29) is 12.5 Å². The topological polar surface area (TPSA) is 90.0 Å². The predicted octanol–water partition coefficient (Wildman–Crippen LogP) is 3.80. The Morgan fingerprint density at radius 2 is 1.90 bits per heavy atom. The molecule has 0 atom stereocenters. The van der Waals surface area contributed by atoms with Crippen molar-refractivity contribution in [3.05, 3.63) is 64.7 Å². The van der Waals surface area contributed by atoms with Crippen LogP contribution in [0.5, 0.6) is 0 Å². The average Bonchev–Trinajstić information content (AvgIpc) is 2.94. The van der Waals surface area contributed by atoms with E-state index in [1.807, 2.05) is 36.1 Å². The lowest BCUT2D eigenvalue weighted by Crippen LogP contribution is -2.40. The van der Waals surface area contributed by atoms with Crippen molar-refractivity contribution in [3.8, 4) is 0 Å². The van der Waals surface area contributed by atoms with Crippen LogP contribution in [-0.4, -0.2) is 41.6 Å². The summed E-state index contributed by atoms with van der Waals surface area (Å²) in [4.78, 5) is 38.2. The summed E-state index contributed by atoms with van der Waals surface area (Å²) in [5.41, 5.74) is 4.44. The number of para-hydroxylation sites is 1. The van der Waals surface area contributed by atoms with Crippen molar-refractivity contribution < 1.29 is 19.5 Å². The molecular formula is C22H25N3O4. The quantitative estimate of drug-likeness (QED) is 0.827. The van der Waals surface area contributed by atoms with E-state index in [1.165, 1.54) is 12.6 Å². The lowest BCUT2D eigenvalue weighted by atomic mass is 10.0. The number of hydrogen-bond acceptors (Lipinski definition) is 3. The Kier molecular flexibility index (Phi) is 6.16. The second-order valence-corrected chi connectivity index (χ2v) is 7.18. The molecule has 7 nitrogen and oxygen atoms in total. The minimum atomic E-state index is -1.32. The van der Waals surface area contributed by atoms with Gasteiger partial charge in [0, 0.05) is 31.4 Å². The summed E-state index contributed by atoms with van der Waals surface area (Å²) < 4.78 is 0. The molecule has 0 saturated heterocycles. The number of amides is 4. The number of anilines is 1. The van der Waals surface area contributed by atoms with Crippen LogP contribution in [-0.2, 0) is 13.0 Å². The summed E-state index contributed by atoms with van der Waals surface area (Å²) in [5, 5.41) is 11.4. The third-order valence-electron chi connectivity index (χ3n) is 5.22. The highest BCUT2D eigenvalue weighted by molar-refractivity contribution is 6.06. The molecule has 7 heteroatoms. The summed E-state index contributed by atoms with van der Waals surface area (Å²) in [6.07, 6.45) is 1.67. The molecule has 1 aliphatic heterocycles. The standard InChI is InChI=1S/C22H25N3O4/c1-15-13-17(10-11-18(15)14-23-21(27)24(2)22(28)29)20(26)25-12-6-5-8-16-7-3-4-9-19(16)25/h3-4,7,9-11,13H,5-6,8,12,14H2,1-2H3,(H,23,27)(H,28,29). The average molecular weight is 395 g/mol. The molecule has 1 heterocycles. The SMILES string of the molecule is Cc1cc(C(=O)N2CCCCc3ccccc32)ccc1CNC(=O)N(C)C(=O)O. The van der Waals surface area contributed by atoms with Crippen molar-refractivity contribution in [2.24, 2.45) is 0 Å². The Morgan fingerprint density at radius 3 is 2.62 bits per heavy atom. The lowest BCUT2D eigenvalue weighted by Gasteiger charge is -2.23. The molecule has 0 spiro atoms. The maximum absolute atomic E-state index is 13.2. The Balaban J connectivity index is 1.75. The molecule has 0 fully saturated rings. The van der Waals surface area contributed by atoms with E-state index in [0.717, 1.165) is 36.1 Å². The highest BCUT2D eigenvalue weighted by Gasteiger charge is 2.22. The van der Waals surface area contributed by atoms with Gasteiger partial charge in [0.05, 0.1) is 0 Å². The summed E-state index contributed by atoms with van der Waals surface area (Å²) in [5.74, 6) is -0.0383. The minimum Gasteiger partial charge on any atom is -0.465 e. The highest BCUT2D eigenvalue weighted by Crippen LogP contribution is 2.28. The van der Waals surface area contributed by atoms with Gasteiger partial charge in [0.25, 0.3) is 5.91 Å². The van der Waals surface area contributed by atoms with E-state index >= 15 is 0 Å². The third-order valence-corrected chi connectivity index (χ3v) is 5.22. The molecule has 1 aliphatic rings. The maximum Gasteiger partial charge on any atom is 0.415 e. The number of benzene rings is 2. The van der Waals surface area contributed by atoms with Crippen LogP contribution in [0.1, 0.15) is 39.9 Å². The maximum atomic E-state index is 13.2. The number of carbonyl (C=O) groups is 3. The number of nitrogens with zero attached hydrogens (tertiary/aromatic N) is 2. The van der Waals surface area contributed by atoms with Crippen molar-refractivity contribution in [3.63, 3.8) is 0 Å². The van der Waals surface area contributed by atoms with E-state index in [0.29, 0.717) is 17.0 Å². The van der Waals surface area contributed by atoms with Gasteiger partial charge in [-0.05, 0) is 61.1 Å². The minimum absolute atomic E-state index is 0.0383. The van der Waals surface area contributed by atoms with E-state index in [2.05, 4.69) is 11.4 Å². The van der Waals surface area contributed by atoms with Crippen LogP contribution in [0.15, 0.2) is 42.5 Å². The molecule has 4 amide bonds. The zero-order valence-corrected chi connectivity index (χ0v) is 16.6. The Hall–Kier alpha value is -3.35. The fourth-order valence-electron chi connectivity index (χ4n) is 3.46. The van der Waals surface area contributed by atoms with Gasteiger partial charge in [0.1, 0.15) is 0 Å². The van der Waals surface area contributed by atoms with Crippen molar-refractivity contribution in [2.45, 2.75) is 32.7 Å². The second-order valence-electron chi connectivity index (χ2n) is 7.18. The number of rotatable bonds is 3. The number of imide groups is 1. The van der Waals surface area contributed by atoms with Gasteiger partial charge in [0.2, 0.25) is 0 Å². The van der Waals surface area contributed by atoms with Crippen LogP contribution in [0.4, 0.5) is 15.3 Å². The first-order valence-electron chi connectivity index (χ1n) is 9.62. The van der Waals surface area contributed by atoms with E-state index in [9.17, 15) is 14.4 Å². The molecule has 0 radical (unpaired) electrons. The van der Waals surface area contributed by atoms with Gasteiger partial charge in [-0.15, -0.1) is 0 Å². The zero-order chi connectivity index (χ0) is 21.0. The van der Waals surface area contributed by atoms with Crippen molar-refractivity contribution >= 4 is 23.7 Å². The molecule has 2 aromatic carbocycles. The van der Waals surface area contributed by atoms with Gasteiger partial charge in [0.15, 0.2) is 0 Å². The smallest absolute Gasteiger partial charge is 0.415 e. The first-order chi connectivity index (χ1) is 13.9. The zero-order valence-electron chi connectivity index (χ0n) is 16.6. The van der Waals surface area contributed by atoms with E-state index in [4.69, 9.17) is 5.11 Å². The molecule has 29 heavy (non-hydrogen) atoms. The molecule has 3 rings (SSSR count). The lowest BCUT2D eigenvalue weighted by molar-refractivity contribution is 0.0986. The summed E-state index contributed by atoms with van der Waals surface area (Å²) in [6, 6.07) is 12.7. The molecule has 0 unspecified atom stereocenters. The summed E-state index contributed by atoms with van der Waals surface area (Å²) >= 11 is 0. The molecule has 2 N–H and O–H groups in total. The third kappa shape index (κ3) is 4.56. The Bertz CT molecular complexity index is 941. The van der Waals surface area contributed by atoms with Gasteiger partial charge in [-0.25, -0.2) is 14.5 Å². The first-order valence-corrected chi connectivity index (χ1v) is 9.62. The number of fused-ring (bicyclic) bond motifs is 1. The predicted molar refractivity (Wildman–Crippen MR) is 110 cm³/mol. The van der Waals surface area contributed by atoms with Crippen molar-refractivity contribution in [2.75, 3.05) is 18.5 Å². The largest absolute Gasteiger partial charge is 0.465 e. The second kappa shape index (κ2) is 8.77. The normalized spacial score (nSPS) is 13.2. The Morgan fingerprint density at radius 1 is 1.14 bits per heavy atom. The molecular weight excluding hydrogens is 370 g/mol. The van der Waals surface area contributed by atoms with Crippen molar-refractivity contribution in [1.82, 2.24) is 10.2 Å². The van der Waals surface area contributed by atoms with Gasteiger partial charge in [-0.3, -0.25) is 4.79 Å². The van der Waals surface area contributed by atoms with Crippen LogP contribution in [0.3, 0.4) is 0 Å². The molecule has 0 aliphatic carbocycles. The fraction of sp³-hybridized carbons (Fsp3) is 0.318. The van der Waals surface area contributed by atoms with Gasteiger partial charge < -0.3 is 15.3 Å². The fourth-order valence-corrected chi connectivity index (χ4v) is 3.46. The number of aryl methyl sites for hydroxylation is 2. The van der Waals surface area contributed by atoms with Gasteiger partial charge >= 0.3 is 12.1 Å². The molecule has 0 saturated carbocycles. The van der Waals surface area contributed by atoms with Crippen LogP contribution in [0.25, 0.3) is 0 Å². The number of urea groups is 1. The van der Waals surface area contributed by atoms with E-state index < -0.39 is 12.1 Å². The summed E-state index contributed by atoms with van der Waals surface area (Å²) in [6.45, 7) is 2.74. The number of hydrogen-bond donors (Lipinski definition) is 2. The van der Waals surface area contributed by atoms with Gasteiger partial charge in [-0.1, -0.05) is 24.3 Å². The molecule has 0 aromatic heterocycles. The Labute approximate surface area is 169 Å². The molecule has 2 aromatic rings. The van der Waals surface area contributed by atoms with Gasteiger partial charge in [-0.2, -0.15) is 0 Å². The number of nitrogens with one attached hydrogen (secondary N) is 1.